The molecule has 0 spiro atoms. The molecule has 18 heavy (non-hydrogen) atoms. The van der Waals surface area contributed by atoms with Crippen molar-refractivity contribution in [2.24, 2.45) is 5.73 Å². The average Bonchev–Trinajstić information content (AvgIpc) is 2.31. The van der Waals surface area contributed by atoms with Crippen molar-refractivity contribution in [2.75, 3.05) is 47.3 Å². The highest BCUT2D eigenvalue weighted by Crippen LogP contribution is 2.07. The minimum atomic E-state index is -3.59. The van der Waals surface area contributed by atoms with E-state index in [1.165, 1.54) is 16.3 Å². The molecule has 8 heteroatoms. The molecule has 0 unspecified atom stereocenters. The number of likely N-dealkylation sites (N-methyl/N-ethyl adjacent to an activating group) is 2. The lowest BCUT2D eigenvalue weighted by molar-refractivity contribution is -0.128. The van der Waals surface area contributed by atoms with Gasteiger partial charge in [-0.25, -0.2) is 0 Å². The van der Waals surface area contributed by atoms with Crippen molar-refractivity contribution in [2.45, 2.75) is 13.3 Å². The molecule has 108 valence electrons. The minimum absolute atomic E-state index is 0.140. The van der Waals surface area contributed by atoms with Gasteiger partial charge in [0.1, 0.15) is 0 Å². The fourth-order valence-corrected chi connectivity index (χ4v) is 2.63. The summed E-state index contributed by atoms with van der Waals surface area (Å²) in [4.78, 5) is 12.9. The maximum atomic E-state index is 12.2. The van der Waals surface area contributed by atoms with Gasteiger partial charge in [0.05, 0.1) is 6.54 Å². The predicted octanol–water partition coefficient (Wildman–Crippen LogP) is -1.08. The van der Waals surface area contributed by atoms with Crippen molar-refractivity contribution in [3.05, 3.63) is 0 Å². The zero-order valence-electron chi connectivity index (χ0n) is 11.6. The van der Waals surface area contributed by atoms with Crippen molar-refractivity contribution in [3.63, 3.8) is 0 Å². The molecule has 0 radical (unpaired) electrons. The van der Waals surface area contributed by atoms with Gasteiger partial charge in [0, 0.05) is 34.2 Å². The van der Waals surface area contributed by atoms with E-state index in [0.29, 0.717) is 19.5 Å². The molecular weight excluding hydrogens is 256 g/mol. The van der Waals surface area contributed by atoms with Crippen LogP contribution in [-0.4, -0.2) is 75.2 Å². The molecule has 0 saturated carbocycles. The molecule has 0 aliphatic carbocycles. The summed E-state index contributed by atoms with van der Waals surface area (Å²) in [5.74, 6) is -0.243. The number of carbonyl (C=O) groups is 1. The summed E-state index contributed by atoms with van der Waals surface area (Å²) in [6.45, 7) is 2.61. The Hall–Kier alpha value is -0.700. The van der Waals surface area contributed by atoms with E-state index in [4.69, 9.17) is 5.73 Å². The summed E-state index contributed by atoms with van der Waals surface area (Å²) < 4.78 is 26.7. The first-order valence-corrected chi connectivity index (χ1v) is 7.28. The zero-order chi connectivity index (χ0) is 14.3. The Balaban J connectivity index is 4.76. The van der Waals surface area contributed by atoms with Gasteiger partial charge in [0.25, 0.3) is 10.2 Å². The lowest BCUT2D eigenvalue weighted by Gasteiger charge is -2.26. The van der Waals surface area contributed by atoms with Gasteiger partial charge in [-0.15, -0.1) is 0 Å². The number of rotatable bonds is 8. The number of nitrogens with two attached hydrogens (primary N) is 1. The van der Waals surface area contributed by atoms with Crippen molar-refractivity contribution in [1.82, 2.24) is 13.5 Å². The summed E-state index contributed by atoms with van der Waals surface area (Å²) in [5.41, 5.74) is 5.35. The quantitative estimate of drug-likeness (QED) is 0.613. The van der Waals surface area contributed by atoms with Crippen LogP contribution in [0.4, 0.5) is 0 Å². The van der Waals surface area contributed by atoms with E-state index >= 15 is 0 Å². The van der Waals surface area contributed by atoms with Gasteiger partial charge in [-0.05, 0) is 13.0 Å². The van der Waals surface area contributed by atoms with Crippen LogP contribution in [0.5, 0.6) is 0 Å². The second-order valence-corrected chi connectivity index (χ2v) is 6.22. The normalized spacial score (nSPS) is 12.2. The van der Waals surface area contributed by atoms with Crippen LogP contribution in [0.25, 0.3) is 0 Å². The van der Waals surface area contributed by atoms with Gasteiger partial charge in [-0.3, -0.25) is 4.79 Å². The van der Waals surface area contributed by atoms with E-state index in [9.17, 15) is 13.2 Å². The van der Waals surface area contributed by atoms with Gasteiger partial charge in [0.2, 0.25) is 5.91 Å². The van der Waals surface area contributed by atoms with E-state index in [-0.39, 0.29) is 19.0 Å². The van der Waals surface area contributed by atoms with Gasteiger partial charge in [0.15, 0.2) is 0 Å². The van der Waals surface area contributed by atoms with Crippen LogP contribution in [0.3, 0.4) is 0 Å². The fourth-order valence-electron chi connectivity index (χ4n) is 1.28. The Labute approximate surface area is 110 Å². The van der Waals surface area contributed by atoms with Crippen LogP contribution in [0.15, 0.2) is 0 Å². The van der Waals surface area contributed by atoms with Gasteiger partial charge in [-0.1, -0.05) is 6.92 Å². The monoisotopic (exact) mass is 280 g/mol. The molecule has 0 atom stereocenters. The van der Waals surface area contributed by atoms with Crippen LogP contribution >= 0.6 is 0 Å². The predicted molar refractivity (Wildman–Crippen MR) is 71.2 cm³/mol. The highest BCUT2D eigenvalue weighted by molar-refractivity contribution is 7.86. The number of carbonyl (C=O) groups excluding carboxylic acids is 1. The topological polar surface area (TPSA) is 87.0 Å². The van der Waals surface area contributed by atoms with Crippen LogP contribution in [0.2, 0.25) is 0 Å². The largest absolute Gasteiger partial charge is 0.348 e. The molecule has 0 aliphatic rings. The lowest BCUT2D eigenvalue weighted by Crippen LogP contribution is -2.46. The Morgan fingerprint density at radius 1 is 1.22 bits per heavy atom. The third-order valence-corrected chi connectivity index (χ3v) is 4.57. The summed E-state index contributed by atoms with van der Waals surface area (Å²) in [5, 5.41) is 0. The first kappa shape index (κ1) is 17.3. The lowest BCUT2D eigenvalue weighted by atomic mass is 10.4. The highest BCUT2D eigenvalue weighted by Gasteiger charge is 2.27. The SMILES string of the molecule is CCN(CC(=O)N(C)C)S(=O)(=O)N(C)CCCN. The molecule has 0 bridgehead atoms. The highest BCUT2D eigenvalue weighted by atomic mass is 32.2. The summed E-state index contributed by atoms with van der Waals surface area (Å²) in [6.07, 6.45) is 0.592. The fraction of sp³-hybridized carbons (Fsp3) is 0.900. The van der Waals surface area contributed by atoms with E-state index < -0.39 is 10.2 Å². The Kier molecular flexibility index (Phi) is 7.37. The molecule has 0 aromatic heterocycles. The number of nitrogens with zero attached hydrogens (tertiary/aromatic N) is 3. The molecule has 0 saturated heterocycles. The third-order valence-electron chi connectivity index (χ3n) is 2.56. The van der Waals surface area contributed by atoms with E-state index in [1.54, 1.807) is 21.0 Å². The van der Waals surface area contributed by atoms with Crippen LogP contribution in [0.1, 0.15) is 13.3 Å². The summed E-state index contributed by atoms with van der Waals surface area (Å²) >= 11 is 0. The molecule has 0 aliphatic heterocycles. The third kappa shape index (κ3) is 4.89. The van der Waals surface area contributed by atoms with Crippen LogP contribution in [-0.2, 0) is 15.0 Å². The molecule has 2 N–H and O–H groups in total. The zero-order valence-corrected chi connectivity index (χ0v) is 12.4. The van der Waals surface area contributed by atoms with Gasteiger partial charge in [-0.2, -0.15) is 17.0 Å². The standard InChI is InChI=1S/C10H24N4O3S/c1-5-14(9-10(15)12(2)3)18(16,17)13(4)8-6-7-11/h5-9,11H2,1-4H3. The molecule has 0 rings (SSSR count). The van der Waals surface area contributed by atoms with Crippen molar-refractivity contribution in [1.29, 1.82) is 0 Å². The molecule has 0 aromatic rings. The molecule has 7 nitrogen and oxygen atoms in total. The van der Waals surface area contributed by atoms with Crippen molar-refractivity contribution < 1.29 is 13.2 Å². The molecule has 0 heterocycles. The van der Waals surface area contributed by atoms with Crippen LogP contribution < -0.4 is 5.73 Å². The summed E-state index contributed by atoms with van der Waals surface area (Å²) in [7, 11) is 1.10. The first-order valence-electron chi connectivity index (χ1n) is 5.89. The van der Waals surface area contributed by atoms with Crippen LogP contribution in [0, 0.1) is 0 Å². The van der Waals surface area contributed by atoms with E-state index in [1.807, 2.05) is 0 Å². The second kappa shape index (κ2) is 7.67. The number of hydrogen-bond acceptors (Lipinski definition) is 4. The van der Waals surface area contributed by atoms with Gasteiger partial charge >= 0.3 is 0 Å². The van der Waals surface area contributed by atoms with Crippen molar-refractivity contribution in [3.8, 4) is 0 Å². The summed E-state index contributed by atoms with van der Waals surface area (Å²) in [6, 6.07) is 0. The maximum Gasteiger partial charge on any atom is 0.282 e. The Bertz CT molecular complexity index is 356. The van der Waals surface area contributed by atoms with E-state index in [0.717, 1.165) is 4.31 Å². The van der Waals surface area contributed by atoms with Gasteiger partial charge < -0.3 is 10.6 Å². The Morgan fingerprint density at radius 3 is 2.17 bits per heavy atom. The molecule has 1 amide bonds. The van der Waals surface area contributed by atoms with Crippen molar-refractivity contribution >= 4 is 16.1 Å². The van der Waals surface area contributed by atoms with E-state index in [2.05, 4.69) is 0 Å². The molecule has 0 aromatic carbocycles. The number of amides is 1. The molecule has 0 fully saturated rings. The minimum Gasteiger partial charge on any atom is -0.348 e. The molecular formula is C10H24N4O3S. The smallest absolute Gasteiger partial charge is 0.282 e. The Morgan fingerprint density at radius 2 is 1.78 bits per heavy atom. The average molecular weight is 280 g/mol. The number of hydrogen-bond donors (Lipinski definition) is 1. The second-order valence-electron chi connectivity index (χ2n) is 4.19. The first-order chi connectivity index (χ1) is 8.27. The maximum absolute atomic E-state index is 12.2.